The highest BCUT2D eigenvalue weighted by Crippen LogP contribution is 2.28. The van der Waals surface area contributed by atoms with Gasteiger partial charge in [-0.25, -0.2) is 4.98 Å². The number of aromatic nitrogens is 2. The number of nitrogen functional groups attached to an aromatic ring is 1. The first-order valence-electron chi connectivity index (χ1n) is 5.90. The van der Waals surface area contributed by atoms with Gasteiger partial charge in [-0.3, -0.25) is 0 Å². The smallest absolute Gasteiger partial charge is 0.222 e. The highest BCUT2D eigenvalue weighted by Gasteiger charge is 2.12. The molecular formula is C13H18N4S. The van der Waals surface area contributed by atoms with E-state index < -0.39 is 0 Å². The maximum absolute atomic E-state index is 5.65. The number of nitrogens with one attached hydrogen (secondary N) is 1. The first kappa shape index (κ1) is 12.8. The molecule has 3 N–H and O–H groups in total. The van der Waals surface area contributed by atoms with Crippen molar-refractivity contribution < 1.29 is 0 Å². The van der Waals surface area contributed by atoms with E-state index >= 15 is 0 Å². The second-order valence-corrected chi connectivity index (χ2v) is 5.95. The largest absolute Gasteiger partial charge is 0.368 e. The predicted molar refractivity (Wildman–Crippen MR) is 77.0 cm³/mol. The lowest BCUT2D eigenvalue weighted by atomic mass is 10.1. The van der Waals surface area contributed by atoms with Gasteiger partial charge in [-0.2, -0.15) is 4.98 Å². The number of hydrogen-bond acceptors (Lipinski definition) is 5. The summed E-state index contributed by atoms with van der Waals surface area (Å²) in [5, 5.41) is 3.37. The lowest BCUT2D eigenvalue weighted by Crippen LogP contribution is -2.10. The van der Waals surface area contributed by atoms with Crippen LogP contribution in [-0.2, 0) is 0 Å². The average Bonchev–Trinajstić information content (AvgIpc) is 2.56. The van der Waals surface area contributed by atoms with E-state index in [2.05, 4.69) is 42.1 Å². The van der Waals surface area contributed by atoms with Crippen LogP contribution in [0.3, 0.4) is 0 Å². The third-order valence-electron chi connectivity index (χ3n) is 2.78. The molecule has 0 amide bonds. The van der Waals surface area contributed by atoms with Crippen LogP contribution in [0.25, 0.3) is 0 Å². The van der Waals surface area contributed by atoms with E-state index in [1.54, 1.807) is 0 Å². The van der Waals surface area contributed by atoms with E-state index in [4.69, 9.17) is 5.73 Å². The topological polar surface area (TPSA) is 63.8 Å². The zero-order valence-corrected chi connectivity index (χ0v) is 11.9. The molecule has 2 aromatic heterocycles. The van der Waals surface area contributed by atoms with Crippen molar-refractivity contribution in [1.29, 1.82) is 0 Å². The second kappa shape index (κ2) is 4.94. The molecule has 5 heteroatoms. The van der Waals surface area contributed by atoms with Gasteiger partial charge in [-0.05, 0) is 39.3 Å². The predicted octanol–water partition coefficient (Wildman–Crippen LogP) is 3.22. The quantitative estimate of drug-likeness (QED) is 0.891. The minimum absolute atomic E-state index is 0.212. The molecule has 1 atom stereocenters. The van der Waals surface area contributed by atoms with Crippen LogP contribution in [0, 0.1) is 20.8 Å². The number of hydrogen-bond donors (Lipinski definition) is 2. The summed E-state index contributed by atoms with van der Waals surface area (Å²) in [4.78, 5) is 10.9. The molecule has 4 nitrogen and oxygen atoms in total. The Morgan fingerprint density at radius 2 is 1.94 bits per heavy atom. The van der Waals surface area contributed by atoms with E-state index in [1.807, 2.05) is 24.3 Å². The zero-order chi connectivity index (χ0) is 13.3. The van der Waals surface area contributed by atoms with Crippen molar-refractivity contribution in [3.05, 3.63) is 33.1 Å². The van der Waals surface area contributed by atoms with Gasteiger partial charge in [0.2, 0.25) is 5.95 Å². The number of thiophene rings is 1. The van der Waals surface area contributed by atoms with Crippen LogP contribution in [0.5, 0.6) is 0 Å². The van der Waals surface area contributed by atoms with E-state index in [0.717, 1.165) is 11.5 Å². The van der Waals surface area contributed by atoms with E-state index in [1.165, 1.54) is 15.3 Å². The standard InChI is InChI=1S/C13H18N4S/c1-7-5-12(17-13(14)15-7)16-9(3)11-6-8(2)18-10(11)4/h5-6,9H,1-4H3,(H3,14,15,16,17). The maximum atomic E-state index is 5.65. The molecule has 1 unspecified atom stereocenters. The molecule has 0 radical (unpaired) electrons. The number of aryl methyl sites for hydroxylation is 3. The van der Waals surface area contributed by atoms with Crippen molar-refractivity contribution in [2.24, 2.45) is 0 Å². The number of nitrogens with zero attached hydrogens (tertiary/aromatic N) is 2. The summed E-state index contributed by atoms with van der Waals surface area (Å²) in [6.45, 7) is 8.31. The first-order valence-corrected chi connectivity index (χ1v) is 6.72. The molecule has 96 valence electrons. The molecule has 2 heterocycles. The van der Waals surface area contributed by atoms with Crippen LogP contribution < -0.4 is 11.1 Å². The summed E-state index contributed by atoms with van der Waals surface area (Å²) in [7, 11) is 0. The Kier molecular flexibility index (Phi) is 3.52. The fraction of sp³-hybridized carbons (Fsp3) is 0.385. The Bertz CT molecular complexity index is 542. The number of anilines is 2. The van der Waals surface area contributed by atoms with Crippen molar-refractivity contribution >= 4 is 23.1 Å². The molecule has 0 fully saturated rings. The highest BCUT2D eigenvalue weighted by atomic mass is 32.1. The summed E-state index contributed by atoms with van der Waals surface area (Å²) < 4.78 is 0. The summed E-state index contributed by atoms with van der Waals surface area (Å²) in [5.74, 6) is 1.08. The molecule has 0 saturated heterocycles. The van der Waals surface area contributed by atoms with Crippen LogP contribution in [-0.4, -0.2) is 9.97 Å². The van der Waals surface area contributed by atoms with Crippen LogP contribution in [0.4, 0.5) is 11.8 Å². The Morgan fingerprint density at radius 1 is 1.22 bits per heavy atom. The van der Waals surface area contributed by atoms with Crippen LogP contribution in [0.15, 0.2) is 12.1 Å². The van der Waals surface area contributed by atoms with Crippen molar-refractivity contribution in [2.75, 3.05) is 11.1 Å². The van der Waals surface area contributed by atoms with Gasteiger partial charge in [0.15, 0.2) is 0 Å². The van der Waals surface area contributed by atoms with Gasteiger partial charge < -0.3 is 11.1 Å². The summed E-state index contributed by atoms with van der Waals surface area (Å²) in [6, 6.07) is 4.33. The fourth-order valence-corrected chi connectivity index (χ4v) is 3.07. The number of nitrogens with two attached hydrogens (primary N) is 1. The zero-order valence-electron chi connectivity index (χ0n) is 11.1. The first-order chi connectivity index (χ1) is 8.45. The Labute approximate surface area is 111 Å². The number of rotatable bonds is 3. The third-order valence-corrected chi connectivity index (χ3v) is 3.76. The fourth-order valence-electron chi connectivity index (χ4n) is 2.05. The van der Waals surface area contributed by atoms with Crippen molar-refractivity contribution in [1.82, 2.24) is 9.97 Å². The molecule has 0 bridgehead atoms. The molecule has 2 rings (SSSR count). The van der Waals surface area contributed by atoms with Crippen LogP contribution in [0.2, 0.25) is 0 Å². The van der Waals surface area contributed by atoms with Gasteiger partial charge in [0.25, 0.3) is 0 Å². The highest BCUT2D eigenvalue weighted by molar-refractivity contribution is 7.12. The molecule has 2 aromatic rings. The van der Waals surface area contributed by atoms with Gasteiger partial charge in [0, 0.05) is 21.5 Å². The monoisotopic (exact) mass is 262 g/mol. The third kappa shape index (κ3) is 2.79. The van der Waals surface area contributed by atoms with Crippen molar-refractivity contribution in [2.45, 2.75) is 33.7 Å². The van der Waals surface area contributed by atoms with Gasteiger partial charge in [0.05, 0.1) is 6.04 Å². The van der Waals surface area contributed by atoms with Crippen LogP contribution >= 0.6 is 11.3 Å². The van der Waals surface area contributed by atoms with Crippen molar-refractivity contribution in [3.63, 3.8) is 0 Å². The summed E-state index contributed by atoms with van der Waals surface area (Å²) in [6.07, 6.45) is 0. The minimum atomic E-state index is 0.212. The van der Waals surface area contributed by atoms with Gasteiger partial charge in [-0.1, -0.05) is 0 Å². The molecule has 0 spiro atoms. The van der Waals surface area contributed by atoms with Gasteiger partial charge >= 0.3 is 0 Å². The molecule has 0 aliphatic rings. The lowest BCUT2D eigenvalue weighted by molar-refractivity contribution is 0.869. The SMILES string of the molecule is Cc1cc(NC(C)c2cc(C)sc2C)nc(N)n1. The Hall–Kier alpha value is -1.62. The van der Waals surface area contributed by atoms with Gasteiger partial charge in [0.1, 0.15) is 5.82 Å². The molecule has 0 aliphatic carbocycles. The molecule has 0 saturated carbocycles. The van der Waals surface area contributed by atoms with E-state index in [9.17, 15) is 0 Å². The van der Waals surface area contributed by atoms with Crippen molar-refractivity contribution in [3.8, 4) is 0 Å². The summed E-state index contributed by atoms with van der Waals surface area (Å²) in [5.41, 5.74) is 7.83. The maximum Gasteiger partial charge on any atom is 0.222 e. The van der Waals surface area contributed by atoms with Crippen LogP contribution in [0.1, 0.15) is 34.0 Å². The molecular weight excluding hydrogens is 244 g/mol. The second-order valence-electron chi connectivity index (χ2n) is 4.49. The molecule has 18 heavy (non-hydrogen) atoms. The lowest BCUT2D eigenvalue weighted by Gasteiger charge is -2.15. The Balaban J connectivity index is 2.20. The summed E-state index contributed by atoms with van der Waals surface area (Å²) >= 11 is 1.82. The van der Waals surface area contributed by atoms with E-state index in [0.29, 0.717) is 5.95 Å². The molecule has 0 aromatic carbocycles. The Morgan fingerprint density at radius 3 is 2.50 bits per heavy atom. The van der Waals surface area contributed by atoms with Gasteiger partial charge in [-0.15, -0.1) is 11.3 Å². The minimum Gasteiger partial charge on any atom is -0.368 e. The molecule has 0 aliphatic heterocycles. The van der Waals surface area contributed by atoms with E-state index in [-0.39, 0.29) is 6.04 Å². The average molecular weight is 262 g/mol. The normalized spacial score (nSPS) is 12.4.